The van der Waals surface area contributed by atoms with Crippen LogP contribution < -0.4 is 0 Å². The van der Waals surface area contributed by atoms with Crippen LogP contribution in [0.5, 0.6) is 0 Å². The van der Waals surface area contributed by atoms with E-state index in [-0.39, 0.29) is 21.7 Å². The highest BCUT2D eigenvalue weighted by Gasteiger charge is 2.32. The highest BCUT2D eigenvalue weighted by Crippen LogP contribution is 2.37. The van der Waals surface area contributed by atoms with Crippen molar-refractivity contribution in [1.29, 1.82) is 0 Å². The number of thioether (sulfide) groups is 1. The lowest BCUT2D eigenvalue weighted by Gasteiger charge is -2.15. The number of benzene rings is 3. The van der Waals surface area contributed by atoms with Gasteiger partial charge in [-0.25, -0.2) is 4.79 Å². The van der Waals surface area contributed by atoms with Crippen molar-refractivity contribution in [2.24, 2.45) is 4.99 Å². The van der Waals surface area contributed by atoms with E-state index in [4.69, 9.17) is 14.7 Å². The molecule has 0 aliphatic carbocycles. The van der Waals surface area contributed by atoms with Crippen LogP contribution in [0.15, 0.2) is 119 Å². The quantitative estimate of drug-likeness (QED) is 0.0735. The number of rotatable bonds is 9. The molecule has 0 N–H and O–H groups in total. The van der Waals surface area contributed by atoms with E-state index in [1.165, 1.54) is 31.1 Å². The fraction of sp³-hybridized carbons (Fsp3) is 0.152. The predicted octanol–water partition coefficient (Wildman–Crippen LogP) is 7.62. The standard InChI is InChI=1S/C33H26F3N3O2S.H3P/c1-41-32(40)29(39-31(22-10-4-2-5-11-22)23-12-6-3-7-13-23)18-24-14-8-15-25(38-24)21-42-30-20-37-19-27-26(30)16-9-17-28(27)33(34,35)36;/h2-17,19-20,29H,18,21H2,1H3;1H3. The van der Waals surface area contributed by atoms with Crippen LogP contribution in [0.25, 0.3) is 10.8 Å². The van der Waals surface area contributed by atoms with E-state index in [1.807, 2.05) is 78.9 Å². The zero-order valence-corrected chi connectivity index (χ0v) is 25.5. The SMILES string of the molecule is COC(=O)C(Cc1cccc(CSc2cncc3c(C(F)(F)F)cccc23)n1)N=C(c1ccccc1)c1ccccc1.P. The van der Waals surface area contributed by atoms with Gasteiger partial charge in [-0.05, 0) is 23.6 Å². The van der Waals surface area contributed by atoms with Crippen LogP contribution in [-0.4, -0.2) is 34.8 Å². The number of carbonyl (C=O) groups excluding carboxylic acids is 1. The zero-order valence-electron chi connectivity index (χ0n) is 23.3. The first-order valence-electron chi connectivity index (χ1n) is 13.1. The Labute approximate surface area is 255 Å². The number of hydrogen-bond acceptors (Lipinski definition) is 6. The summed E-state index contributed by atoms with van der Waals surface area (Å²) in [7, 11) is 1.33. The molecule has 2 aromatic heterocycles. The molecule has 0 aliphatic rings. The third-order valence-electron chi connectivity index (χ3n) is 6.57. The van der Waals surface area contributed by atoms with Crippen molar-refractivity contribution >= 4 is 44.1 Å². The minimum Gasteiger partial charge on any atom is -0.467 e. The van der Waals surface area contributed by atoms with Crippen LogP contribution in [0, 0.1) is 0 Å². The van der Waals surface area contributed by atoms with Crippen molar-refractivity contribution in [3.8, 4) is 0 Å². The number of aromatic nitrogens is 2. The molecule has 0 amide bonds. The van der Waals surface area contributed by atoms with Gasteiger partial charge in [-0.3, -0.25) is 15.0 Å². The summed E-state index contributed by atoms with van der Waals surface area (Å²) in [4.78, 5) is 27.2. The molecule has 0 saturated carbocycles. The average molecular weight is 620 g/mol. The molecule has 2 unspecified atom stereocenters. The fourth-order valence-electron chi connectivity index (χ4n) is 4.58. The first kappa shape index (κ1) is 31.9. The summed E-state index contributed by atoms with van der Waals surface area (Å²) in [5, 5.41) is 0.540. The van der Waals surface area contributed by atoms with Crippen LogP contribution in [0.1, 0.15) is 28.1 Å². The molecule has 0 spiro atoms. The van der Waals surface area contributed by atoms with E-state index < -0.39 is 23.8 Å². The third kappa shape index (κ3) is 7.86. The van der Waals surface area contributed by atoms with E-state index in [0.29, 0.717) is 33.1 Å². The number of aliphatic imine (C=N–C) groups is 1. The van der Waals surface area contributed by atoms with Gasteiger partial charge in [-0.1, -0.05) is 78.9 Å². The Morgan fingerprint density at radius 1 is 0.837 bits per heavy atom. The number of methoxy groups -OCH3 is 1. The Morgan fingerprint density at radius 2 is 1.47 bits per heavy atom. The Kier molecular flexibility index (Phi) is 10.7. The average Bonchev–Trinajstić information content (AvgIpc) is 3.02. The van der Waals surface area contributed by atoms with Gasteiger partial charge in [0.2, 0.25) is 0 Å². The number of ether oxygens (including phenoxy) is 1. The second kappa shape index (κ2) is 14.4. The van der Waals surface area contributed by atoms with Crippen LogP contribution in [0.4, 0.5) is 13.2 Å². The van der Waals surface area contributed by atoms with Gasteiger partial charge < -0.3 is 4.74 Å². The van der Waals surface area contributed by atoms with Gasteiger partial charge in [0.1, 0.15) is 0 Å². The maximum absolute atomic E-state index is 13.5. The number of alkyl halides is 3. The van der Waals surface area contributed by atoms with E-state index in [0.717, 1.165) is 17.2 Å². The summed E-state index contributed by atoms with van der Waals surface area (Å²) in [6.07, 6.45) is -1.46. The molecule has 0 radical (unpaired) electrons. The maximum Gasteiger partial charge on any atom is 0.417 e. The lowest BCUT2D eigenvalue weighted by atomic mass is 10.0. The van der Waals surface area contributed by atoms with E-state index in [2.05, 4.69) is 4.98 Å². The molecule has 5 aromatic rings. The summed E-state index contributed by atoms with van der Waals surface area (Å²) >= 11 is 1.35. The first-order chi connectivity index (χ1) is 20.3. The van der Waals surface area contributed by atoms with Gasteiger partial charge in [0.15, 0.2) is 6.04 Å². The summed E-state index contributed by atoms with van der Waals surface area (Å²) in [6, 6.07) is 28.0. The van der Waals surface area contributed by atoms with Crippen molar-refractivity contribution in [2.45, 2.75) is 29.3 Å². The molecule has 0 fully saturated rings. The Bertz CT molecular complexity index is 1680. The predicted molar refractivity (Wildman–Crippen MR) is 170 cm³/mol. The molecular formula is C33H29F3N3O2PS. The minimum atomic E-state index is -4.47. The van der Waals surface area contributed by atoms with E-state index >= 15 is 0 Å². The van der Waals surface area contributed by atoms with Crippen LogP contribution >= 0.6 is 21.7 Å². The second-order valence-corrected chi connectivity index (χ2v) is 10.4. The molecule has 2 heterocycles. The monoisotopic (exact) mass is 619 g/mol. The minimum absolute atomic E-state index is 0. The molecule has 0 bridgehead atoms. The van der Waals surface area contributed by atoms with Gasteiger partial charge in [-0.2, -0.15) is 23.1 Å². The van der Waals surface area contributed by atoms with Crippen molar-refractivity contribution in [1.82, 2.24) is 9.97 Å². The van der Waals surface area contributed by atoms with Crippen LogP contribution in [0.2, 0.25) is 0 Å². The number of hydrogen-bond donors (Lipinski definition) is 0. The van der Waals surface area contributed by atoms with Gasteiger partial charge in [0, 0.05) is 51.7 Å². The van der Waals surface area contributed by atoms with Gasteiger partial charge in [0.25, 0.3) is 0 Å². The fourth-order valence-corrected chi connectivity index (χ4v) is 5.52. The van der Waals surface area contributed by atoms with Crippen molar-refractivity contribution in [3.63, 3.8) is 0 Å². The molecule has 5 rings (SSSR count). The highest BCUT2D eigenvalue weighted by molar-refractivity contribution is 7.98. The summed E-state index contributed by atoms with van der Waals surface area (Å²) in [6.45, 7) is 0. The number of fused-ring (bicyclic) bond motifs is 1. The lowest BCUT2D eigenvalue weighted by Crippen LogP contribution is -2.25. The highest BCUT2D eigenvalue weighted by atomic mass is 32.2. The molecular weight excluding hydrogens is 590 g/mol. The van der Waals surface area contributed by atoms with E-state index in [9.17, 15) is 18.0 Å². The molecule has 2 atom stereocenters. The first-order valence-corrected chi connectivity index (χ1v) is 14.1. The molecule has 220 valence electrons. The summed E-state index contributed by atoms with van der Waals surface area (Å²) < 4.78 is 45.7. The number of nitrogens with zero attached hydrogens (tertiary/aromatic N) is 3. The van der Waals surface area contributed by atoms with Crippen LogP contribution in [0.3, 0.4) is 0 Å². The smallest absolute Gasteiger partial charge is 0.417 e. The molecule has 5 nitrogen and oxygen atoms in total. The summed E-state index contributed by atoms with van der Waals surface area (Å²) in [5.74, 6) is -0.0840. The molecule has 10 heteroatoms. The van der Waals surface area contributed by atoms with Gasteiger partial charge in [0.05, 0.1) is 24.1 Å². The van der Waals surface area contributed by atoms with Gasteiger partial charge in [-0.15, -0.1) is 11.8 Å². The topological polar surface area (TPSA) is 64.4 Å². The number of esters is 1. The number of halogens is 3. The maximum atomic E-state index is 13.5. The Morgan fingerprint density at radius 3 is 2.09 bits per heavy atom. The summed E-state index contributed by atoms with van der Waals surface area (Å²) in [5.41, 5.74) is 3.04. The van der Waals surface area contributed by atoms with Crippen molar-refractivity contribution in [2.75, 3.05) is 7.11 Å². The van der Waals surface area contributed by atoms with Gasteiger partial charge >= 0.3 is 12.1 Å². The zero-order chi connectivity index (χ0) is 29.5. The van der Waals surface area contributed by atoms with Crippen LogP contribution in [-0.2, 0) is 27.9 Å². The molecule has 0 aliphatic heterocycles. The number of pyridine rings is 2. The molecule has 3 aromatic carbocycles. The number of carbonyl (C=O) groups is 1. The Balaban J connectivity index is 0.00000423. The molecule has 0 saturated heterocycles. The van der Waals surface area contributed by atoms with Crippen molar-refractivity contribution in [3.05, 3.63) is 138 Å². The van der Waals surface area contributed by atoms with Crippen molar-refractivity contribution < 1.29 is 22.7 Å². The lowest BCUT2D eigenvalue weighted by molar-refractivity contribution is -0.142. The largest absolute Gasteiger partial charge is 0.467 e. The third-order valence-corrected chi connectivity index (χ3v) is 7.64. The Hall–Kier alpha value is -4.07. The normalized spacial score (nSPS) is 11.8. The second-order valence-electron chi connectivity index (χ2n) is 9.40. The molecule has 43 heavy (non-hydrogen) atoms. The van der Waals surface area contributed by atoms with E-state index in [1.54, 1.807) is 12.3 Å².